The Bertz CT molecular complexity index is 1420. The standard InChI is InChI=1S/C27H26N4O2/c1-26(9-6-5-7-10-26)23-12-17(8-11-27(23,2)16-28)25-24-18-13-21(32-3)22(33-4)14-19(18)29-15-20(24)30-31-25/h5-9,11-15,23H,10H2,1-4H3,(H,30,31). The van der Waals surface area contributed by atoms with E-state index in [0.29, 0.717) is 11.5 Å². The van der Waals surface area contributed by atoms with E-state index in [1.165, 1.54) is 0 Å². The van der Waals surface area contributed by atoms with Crippen molar-refractivity contribution in [3.05, 3.63) is 66.6 Å². The summed E-state index contributed by atoms with van der Waals surface area (Å²) in [6.45, 7) is 4.23. The minimum atomic E-state index is -0.611. The summed E-state index contributed by atoms with van der Waals surface area (Å²) in [5, 5.41) is 19.8. The van der Waals surface area contributed by atoms with Gasteiger partial charge in [-0.15, -0.1) is 0 Å². The number of hydrogen-bond acceptors (Lipinski definition) is 5. The summed E-state index contributed by atoms with van der Waals surface area (Å²) in [6.07, 6.45) is 17.5. The molecule has 1 aromatic carbocycles. The van der Waals surface area contributed by atoms with Crippen molar-refractivity contribution < 1.29 is 9.47 Å². The number of nitrogens with one attached hydrogen (secondary N) is 1. The molecule has 6 heteroatoms. The van der Waals surface area contributed by atoms with E-state index < -0.39 is 5.41 Å². The average molecular weight is 439 g/mol. The molecule has 0 fully saturated rings. The summed E-state index contributed by atoms with van der Waals surface area (Å²) in [4.78, 5) is 4.58. The highest BCUT2D eigenvalue weighted by Gasteiger charge is 2.44. The van der Waals surface area contributed by atoms with Crippen LogP contribution in [0, 0.1) is 28.1 Å². The first-order chi connectivity index (χ1) is 15.9. The zero-order valence-corrected chi connectivity index (χ0v) is 19.2. The van der Waals surface area contributed by atoms with Gasteiger partial charge in [0.05, 0.1) is 42.9 Å². The van der Waals surface area contributed by atoms with Crippen LogP contribution in [0.15, 0.2) is 60.9 Å². The van der Waals surface area contributed by atoms with Gasteiger partial charge >= 0.3 is 0 Å². The van der Waals surface area contributed by atoms with Crippen molar-refractivity contribution in [3.8, 4) is 17.6 Å². The Kier molecular flexibility index (Phi) is 4.86. The van der Waals surface area contributed by atoms with Crippen molar-refractivity contribution in [2.45, 2.75) is 20.3 Å². The van der Waals surface area contributed by atoms with Gasteiger partial charge in [-0.1, -0.05) is 49.5 Å². The third-order valence-electron chi connectivity index (χ3n) is 7.01. The predicted molar refractivity (Wildman–Crippen MR) is 130 cm³/mol. The predicted octanol–water partition coefficient (Wildman–Crippen LogP) is 5.75. The lowest BCUT2D eigenvalue weighted by Crippen LogP contribution is -2.37. The lowest BCUT2D eigenvalue weighted by molar-refractivity contribution is 0.213. The number of fused-ring (bicyclic) bond motifs is 3. The fourth-order valence-electron chi connectivity index (χ4n) is 5.13. The zero-order valence-electron chi connectivity index (χ0n) is 19.2. The van der Waals surface area contributed by atoms with Gasteiger partial charge in [0.15, 0.2) is 11.5 Å². The molecule has 0 spiro atoms. The second-order valence-corrected chi connectivity index (χ2v) is 9.17. The summed E-state index contributed by atoms with van der Waals surface area (Å²) in [5.74, 6) is 1.26. The molecule has 0 bridgehead atoms. The van der Waals surface area contributed by atoms with Crippen LogP contribution < -0.4 is 9.47 Å². The van der Waals surface area contributed by atoms with E-state index in [1.54, 1.807) is 20.4 Å². The van der Waals surface area contributed by atoms with Gasteiger partial charge < -0.3 is 9.47 Å². The number of ether oxygens (including phenoxy) is 2. The first kappa shape index (κ1) is 21.0. The molecule has 2 aromatic heterocycles. The highest BCUT2D eigenvalue weighted by Crippen LogP contribution is 2.50. The number of aromatic nitrogens is 3. The molecule has 6 nitrogen and oxygen atoms in total. The van der Waals surface area contributed by atoms with E-state index in [0.717, 1.165) is 39.5 Å². The molecule has 3 unspecified atom stereocenters. The molecular formula is C27H26N4O2. The summed E-state index contributed by atoms with van der Waals surface area (Å²) in [6, 6.07) is 6.38. The fourth-order valence-corrected chi connectivity index (χ4v) is 5.13. The highest BCUT2D eigenvalue weighted by molar-refractivity contribution is 6.10. The number of hydrogen-bond donors (Lipinski definition) is 1. The molecule has 2 aliphatic carbocycles. The Morgan fingerprint density at radius 3 is 2.61 bits per heavy atom. The molecule has 3 aromatic rings. The van der Waals surface area contributed by atoms with E-state index in [2.05, 4.69) is 58.6 Å². The van der Waals surface area contributed by atoms with Crippen LogP contribution in [0.4, 0.5) is 0 Å². The molecule has 0 radical (unpaired) electrons. The summed E-state index contributed by atoms with van der Waals surface area (Å²) in [7, 11) is 3.24. The van der Waals surface area contributed by atoms with Crippen LogP contribution in [-0.4, -0.2) is 29.4 Å². The molecule has 5 rings (SSSR count). The smallest absolute Gasteiger partial charge is 0.162 e. The van der Waals surface area contributed by atoms with Gasteiger partial charge in [0, 0.05) is 22.8 Å². The Labute approximate surface area is 192 Å². The lowest BCUT2D eigenvalue weighted by Gasteiger charge is -2.42. The van der Waals surface area contributed by atoms with Crippen LogP contribution >= 0.6 is 0 Å². The first-order valence-electron chi connectivity index (χ1n) is 11.0. The van der Waals surface area contributed by atoms with Gasteiger partial charge in [-0.2, -0.15) is 10.4 Å². The lowest BCUT2D eigenvalue weighted by atomic mass is 9.59. The van der Waals surface area contributed by atoms with Crippen LogP contribution in [0.2, 0.25) is 0 Å². The van der Waals surface area contributed by atoms with Crippen molar-refractivity contribution in [2.75, 3.05) is 14.2 Å². The Hall–Kier alpha value is -3.85. The highest BCUT2D eigenvalue weighted by atomic mass is 16.5. The van der Waals surface area contributed by atoms with Crippen molar-refractivity contribution >= 4 is 27.4 Å². The third-order valence-corrected chi connectivity index (χ3v) is 7.01. The van der Waals surface area contributed by atoms with E-state index in [4.69, 9.17) is 9.47 Å². The number of nitriles is 1. The van der Waals surface area contributed by atoms with Crippen molar-refractivity contribution in [1.82, 2.24) is 15.2 Å². The van der Waals surface area contributed by atoms with Gasteiger partial charge in [-0.05, 0) is 30.4 Å². The maximum atomic E-state index is 10.1. The molecule has 3 atom stereocenters. The van der Waals surface area contributed by atoms with E-state index in [1.807, 2.05) is 31.2 Å². The number of rotatable bonds is 4. The van der Waals surface area contributed by atoms with Gasteiger partial charge in [0.1, 0.15) is 5.69 Å². The molecule has 0 amide bonds. The normalized spacial score (nSPS) is 26.4. The zero-order chi connectivity index (χ0) is 23.2. The fraction of sp³-hybridized carbons (Fsp3) is 0.296. The maximum Gasteiger partial charge on any atom is 0.162 e. The van der Waals surface area contributed by atoms with Gasteiger partial charge in [0.25, 0.3) is 0 Å². The molecule has 0 saturated heterocycles. The molecule has 2 aliphatic rings. The largest absolute Gasteiger partial charge is 0.493 e. The number of nitrogens with zero attached hydrogens (tertiary/aromatic N) is 3. The topological polar surface area (TPSA) is 83.8 Å². The van der Waals surface area contributed by atoms with Crippen LogP contribution in [-0.2, 0) is 0 Å². The van der Waals surface area contributed by atoms with E-state index in [-0.39, 0.29) is 11.3 Å². The minimum Gasteiger partial charge on any atom is -0.493 e. The van der Waals surface area contributed by atoms with Crippen LogP contribution in [0.25, 0.3) is 27.4 Å². The molecular weight excluding hydrogens is 412 g/mol. The molecule has 33 heavy (non-hydrogen) atoms. The molecule has 1 N–H and O–H groups in total. The summed E-state index contributed by atoms with van der Waals surface area (Å²) in [5.41, 5.74) is 2.70. The van der Waals surface area contributed by atoms with Crippen LogP contribution in [0.1, 0.15) is 26.0 Å². The number of pyridine rings is 1. The number of allylic oxidation sites excluding steroid dienone is 8. The summed E-state index contributed by atoms with van der Waals surface area (Å²) < 4.78 is 11.0. The second kappa shape index (κ2) is 7.63. The first-order valence-corrected chi connectivity index (χ1v) is 11.0. The molecule has 2 heterocycles. The van der Waals surface area contributed by atoms with Gasteiger partial charge in [-0.25, -0.2) is 0 Å². The van der Waals surface area contributed by atoms with Gasteiger partial charge in [0.2, 0.25) is 0 Å². The number of H-pyrrole nitrogens is 1. The third kappa shape index (κ3) is 3.23. The number of benzene rings is 1. The van der Waals surface area contributed by atoms with Crippen molar-refractivity contribution in [3.63, 3.8) is 0 Å². The number of aromatic amines is 1. The molecule has 0 saturated carbocycles. The van der Waals surface area contributed by atoms with E-state index in [9.17, 15) is 5.26 Å². The van der Waals surface area contributed by atoms with Crippen LogP contribution in [0.5, 0.6) is 11.5 Å². The quantitative estimate of drug-likeness (QED) is 0.561. The van der Waals surface area contributed by atoms with Crippen molar-refractivity contribution in [1.29, 1.82) is 5.26 Å². The Morgan fingerprint density at radius 2 is 1.91 bits per heavy atom. The van der Waals surface area contributed by atoms with Gasteiger partial charge in [-0.3, -0.25) is 10.1 Å². The number of methoxy groups -OCH3 is 2. The average Bonchev–Trinajstić information content (AvgIpc) is 3.28. The minimum absolute atomic E-state index is 0.00863. The molecule has 0 aliphatic heterocycles. The maximum absolute atomic E-state index is 10.1. The van der Waals surface area contributed by atoms with Crippen LogP contribution in [0.3, 0.4) is 0 Å². The Morgan fingerprint density at radius 1 is 1.12 bits per heavy atom. The SMILES string of the molecule is COc1cc2ncc3[nH]nc(C4=CC(C5(C)C=CC=CC5)C(C)(C#N)C=C4)c3c2cc1OC. The molecule has 166 valence electrons. The van der Waals surface area contributed by atoms with E-state index >= 15 is 0 Å². The monoisotopic (exact) mass is 438 g/mol. The van der Waals surface area contributed by atoms with Crippen molar-refractivity contribution in [2.24, 2.45) is 16.7 Å². The summed E-state index contributed by atoms with van der Waals surface area (Å²) >= 11 is 0. The Balaban J connectivity index is 1.72. The second-order valence-electron chi connectivity index (χ2n) is 9.17.